The summed E-state index contributed by atoms with van der Waals surface area (Å²) in [6.45, 7) is 4.70. The molecule has 106 valence electrons. The van der Waals surface area contributed by atoms with Crippen LogP contribution in [-0.2, 0) is 10.0 Å². The molecule has 3 nitrogen and oxygen atoms in total. The SMILES string of the molecule is C[C@H]1C[C@H](C)CN(S(=O)(=O)c2ccc(F)cc2F)C1. The topological polar surface area (TPSA) is 37.4 Å². The first-order chi connectivity index (χ1) is 8.80. The summed E-state index contributed by atoms with van der Waals surface area (Å²) in [4.78, 5) is -0.449. The van der Waals surface area contributed by atoms with Crippen LogP contribution >= 0.6 is 0 Å². The molecule has 6 heteroatoms. The lowest BCUT2D eigenvalue weighted by molar-refractivity contribution is 0.222. The monoisotopic (exact) mass is 289 g/mol. The van der Waals surface area contributed by atoms with E-state index in [1.165, 1.54) is 4.31 Å². The highest BCUT2D eigenvalue weighted by Gasteiger charge is 2.33. The number of piperidine rings is 1. The van der Waals surface area contributed by atoms with Gasteiger partial charge in [0.15, 0.2) is 0 Å². The van der Waals surface area contributed by atoms with Crippen molar-refractivity contribution in [3.05, 3.63) is 29.8 Å². The molecule has 0 amide bonds. The highest BCUT2D eigenvalue weighted by molar-refractivity contribution is 7.89. The summed E-state index contributed by atoms with van der Waals surface area (Å²) in [5.41, 5.74) is 0. The standard InChI is InChI=1S/C13H17F2NO2S/c1-9-5-10(2)8-16(7-9)19(17,18)13-4-3-11(14)6-12(13)15/h3-4,6,9-10H,5,7-8H2,1-2H3/t9-,10-/m0/s1. The Morgan fingerprint density at radius 2 is 1.74 bits per heavy atom. The second kappa shape index (κ2) is 5.17. The highest BCUT2D eigenvalue weighted by atomic mass is 32.2. The number of hydrogen-bond acceptors (Lipinski definition) is 2. The number of hydrogen-bond donors (Lipinski definition) is 0. The van der Waals surface area contributed by atoms with E-state index in [0.717, 1.165) is 18.6 Å². The molecule has 1 fully saturated rings. The van der Waals surface area contributed by atoms with Crippen LogP contribution in [-0.4, -0.2) is 25.8 Å². The molecule has 1 aromatic rings. The first kappa shape index (κ1) is 14.4. The molecule has 2 atom stereocenters. The third kappa shape index (κ3) is 2.95. The number of halogens is 2. The van der Waals surface area contributed by atoms with E-state index in [2.05, 4.69) is 0 Å². The van der Waals surface area contributed by atoms with Gasteiger partial charge in [-0.15, -0.1) is 0 Å². The molecule has 0 spiro atoms. The molecule has 0 N–H and O–H groups in total. The molecule has 2 rings (SSSR count). The largest absolute Gasteiger partial charge is 0.246 e. The van der Waals surface area contributed by atoms with Crippen molar-refractivity contribution in [2.75, 3.05) is 13.1 Å². The number of sulfonamides is 1. The third-order valence-corrected chi connectivity index (χ3v) is 5.21. The predicted molar refractivity (Wildman–Crippen MR) is 68.1 cm³/mol. The van der Waals surface area contributed by atoms with E-state index in [0.29, 0.717) is 19.2 Å². The molecule has 19 heavy (non-hydrogen) atoms. The number of rotatable bonds is 2. The maximum Gasteiger partial charge on any atom is 0.246 e. The summed E-state index contributed by atoms with van der Waals surface area (Å²) < 4.78 is 52.5. The summed E-state index contributed by atoms with van der Waals surface area (Å²) in [5.74, 6) is -1.34. The van der Waals surface area contributed by atoms with Gasteiger partial charge < -0.3 is 0 Å². The molecule has 1 aromatic carbocycles. The van der Waals surface area contributed by atoms with Crippen molar-refractivity contribution in [2.45, 2.75) is 25.2 Å². The van der Waals surface area contributed by atoms with Crippen LogP contribution in [0.5, 0.6) is 0 Å². The van der Waals surface area contributed by atoms with E-state index in [1.807, 2.05) is 13.8 Å². The molecule has 1 aliphatic rings. The van der Waals surface area contributed by atoms with E-state index >= 15 is 0 Å². The van der Waals surface area contributed by atoms with Crippen LogP contribution in [0.1, 0.15) is 20.3 Å². The van der Waals surface area contributed by atoms with Gasteiger partial charge in [-0.3, -0.25) is 0 Å². The fraction of sp³-hybridized carbons (Fsp3) is 0.538. The van der Waals surface area contributed by atoms with Gasteiger partial charge in [0.05, 0.1) is 0 Å². The number of nitrogens with zero attached hydrogens (tertiary/aromatic N) is 1. The van der Waals surface area contributed by atoms with Gasteiger partial charge in [0.25, 0.3) is 0 Å². The lowest BCUT2D eigenvalue weighted by atomic mass is 9.94. The average molecular weight is 289 g/mol. The van der Waals surface area contributed by atoms with E-state index in [1.54, 1.807) is 0 Å². The minimum Gasteiger partial charge on any atom is -0.207 e. The molecule has 0 bridgehead atoms. The predicted octanol–water partition coefficient (Wildman–Crippen LogP) is 2.63. The van der Waals surface area contributed by atoms with Crippen LogP contribution in [0.15, 0.2) is 23.1 Å². The van der Waals surface area contributed by atoms with Crippen molar-refractivity contribution < 1.29 is 17.2 Å². The Labute approximate surface area is 112 Å². The Morgan fingerprint density at radius 1 is 1.16 bits per heavy atom. The maximum absolute atomic E-state index is 13.6. The Bertz CT molecular complexity index is 564. The van der Waals surface area contributed by atoms with E-state index in [4.69, 9.17) is 0 Å². The molecular formula is C13H17F2NO2S. The Morgan fingerprint density at radius 3 is 2.26 bits per heavy atom. The van der Waals surface area contributed by atoms with Crippen LogP contribution in [0.4, 0.5) is 8.78 Å². The van der Waals surface area contributed by atoms with Crippen LogP contribution in [0.3, 0.4) is 0 Å². The van der Waals surface area contributed by atoms with Crippen LogP contribution in [0, 0.1) is 23.5 Å². The van der Waals surface area contributed by atoms with Gasteiger partial charge in [-0.25, -0.2) is 17.2 Å². The van der Waals surface area contributed by atoms with Crippen molar-refractivity contribution >= 4 is 10.0 Å². The molecule has 0 unspecified atom stereocenters. The molecule has 1 saturated heterocycles. The van der Waals surface area contributed by atoms with Crippen LogP contribution in [0.2, 0.25) is 0 Å². The average Bonchev–Trinajstić information content (AvgIpc) is 2.26. The van der Waals surface area contributed by atoms with Gasteiger partial charge >= 0.3 is 0 Å². The van der Waals surface area contributed by atoms with Gasteiger partial charge in [-0.1, -0.05) is 13.8 Å². The fourth-order valence-electron chi connectivity index (χ4n) is 2.63. The van der Waals surface area contributed by atoms with Gasteiger partial charge in [0.1, 0.15) is 16.5 Å². The lowest BCUT2D eigenvalue weighted by Gasteiger charge is -2.34. The molecule has 0 radical (unpaired) electrons. The maximum atomic E-state index is 13.6. The summed E-state index contributed by atoms with van der Waals surface area (Å²) in [6, 6.07) is 2.56. The molecular weight excluding hydrogens is 272 g/mol. The van der Waals surface area contributed by atoms with Crippen LogP contribution < -0.4 is 0 Å². The normalized spacial score (nSPS) is 25.5. The Hall–Kier alpha value is -1.01. The summed E-state index contributed by atoms with van der Waals surface area (Å²) in [5, 5.41) is 0. The first-order valence-electron chi connectivity index (χ1n) is 6.26. The summed E-state index contributed by atoms with van der Waals surface area (Å²) >= 11 is 0. The Kier molecular flexibility index (Phi) is 3.92. The molecule has 1 heterocycles. The van der Waals surface area contributed by atoms with E-state index < -0.39 is 26.6 Å². The summed E-state index contributed by atoms with van der Waals surface area (Å²) in [7, 11) is -3.88. The minimum atomic E-state index is -3.88. The van der Waals surface area contributed by atoms with Gasteiger partial charge in [0, 0.05) is 19.2 Å². The van der Waals surface area contributed by atoms with Gasteiger partial charge in [-0.05, 0) is 30.4 Å². The van der Waals surface area contributed by atoms with Crippen LogP contribution in [0.25, 0.3) is 0 Å². The second-order valence-corrected chi connectivity index (χ2v) is 7.25. The van der Waals surface area contributed by atoms with Crippen molar-refractivity contribution in [1.82, 2.24) is 4.31 Å². The highest BCUT2D eigenvalue weighted by Crippen LogP contribution is 2.27. The van der Waals surface area contributed by atoms with Crippen molar-refractivity contribution in [3.63, 3.8) is 0 Å². The third-order valence-electron chi connectivity index (χ3n) is 3.35. The van der Waals surface area contributed by atoms with E-state index in [-0.39, 0.29) is 11.8 Å². The summed E-state index contributed by atoms with van der Waals surface area (Å²) in [6.07, 6.45) is 0.956. The lowest BCUT2D eigenvalue weighted by Crippen LogP contribution is -2.42. The fourth-order valence-corrected chi connectivity index (χ4v) is 4.35. The number of benzene rings is 1. The quantitative estimate of drug-likeness (QED) is 0.839. The van der Waals surface area contributed by atoms with Gasteiger partial charge in [0.2, 0.25) is 10.0 Å². The molecule has 1 aliphatic heterocycles. The molecule has 0 aromatic heterocycles. The minimum absolute atomic E-state index is 0.238. The zero-order chi connectivity index (χ0) is 14.2. The van der Waals surface area contributed by atoms with Crippen molar-refractivity contribution in [1.29, 1.82) is 0 Å². The van der Waals surface area contributed by atoms with Crippen molar-refractivity contribution in [2.24, 2.45) is 11.8 Å². The van der Waals surface area contributed by atoms with Gasteiger partial charge in [-0.2, -0.15) is 4.31 Å². The second-order valence-electron chi connectivity index (χ2n) is 5.34. The zero-order valence-corrected chi connectivity index (χ0v) is 11.8. The smallest absolute Gasteiger partial charge is 0.207 e. The van der Waals surface area contributed by atoms with E-state index in [9.17, 15) is 17.2 Å². The first-order valence-corrected chi connectivity index (χ1v) is 7.70. The molecule has 0 aliphatic carbocycles. The zero-order valence-electron chi connectivity index (χ0n) is 10.9. The van der Waals surface area contributed by atoms with Crippen molar-refractivity contribution in [3.8, 4) is 0 Å². The Balaban J connectivity index is 2.36. The molecule has 0 saturated carbocycles.